The number of carbonyl (C=O) groups excluding carboxylic acids is 2. The third-order valence-electron chi connectivity index (χ3n) is 5.04. The SMILES string of the molecule is C=CC(=O)N1CC2(CCC(CNC(=O)c3ccc(Cn4cccn4)o3)O2)C1. The number of aromatic nitrogens is 2. The lowest BCUT2D eigenvalue weighted by Gasteiger charge is -2.47. The van der Waals surface area contributed by atoms with Crippen LogP contribution in [-0.2, 0) is 16.1 Å². The molecule has 2 saturated heterocycles. The lowest BCUT2D eigenvalue weighted by Crippen LogP contribution is -2.63. The maximum Gasteiger partial charge on any atom is 0.287 e. The van der Waals surface area contributed by atoms with Crippen LogP contribution in [-0.4, -0.2) is 57.8 Å². The largest absolute Gasteiger partial charge is 0.454 e. The molecule has 8 nitrogen and oxygen atoms in total. The summed E-state index contributed by atoms with van der Waals surface area (Å²) in [5, 5.41) is 6.98. The monoisotopic (exact) mass is 370 g/mol. The van der Waals surface area contributed by atoms with E-state index in [1.807, 2.05) is 12.3 Å². The lowest BCUT2D eigenvalue weighted by molar-refractivity contribution is -0.159. The molecule has 2 aliphatic heterocycles. The van der Waals surface area contributed by atoms with Crippen molar-refractivity contribution in [3.05, 3.63) is 54.8 Å². The molecule has 2 aromatic rings. The van der Waals surface area contributed by atoms with E-state index in [4.69, 9.17) is 9.15 Å². The average Bonchev–Trinajstić information content (AvgIpc) is 3.38. The van der Waals surface area contributed by atoms with Crippen LogP contribution in [0, 0.1) is 0 Å². The minimum atomic E-state index is -0.261. The summed E-state index contributed by atoms with van der Waals surface area (Å²) in [6.45, 7) is 5.59. The molecule has 1 spiro atoms. The van der Waals surface area contributed by atoms with Crippen molar-refractivity contribution in [2.45, 2.75) is 31.1 Å². The van der Waals surface area contributed by atoms with E-state index in [1.165, 1.54) is 6.08 Å². The molecule has 2 fully saturated rings. The molecular weight excluding hydrogens is 348 g/mol. The number of hydrogen-bond donors (Lipinski definition) is 1. The molecule has 8 heteroatoms. The summed E-state index contributed by atoms with van der Waals surface area (Å²) in [7, 11) is 0. The van der Waals surface area contributed by atoms with Crippen molar-refractivity contribution in [3.63, 3.8) is 0 Å². The van der Waals surface area contributed by atoms with Crippen molar-refractivity contribution in [1.29, 1.82) is 0 Å². The van der Waals surface area contributed by atoms with E-state index in [2.05, 4.69) is 17.0 Å². The summed E-state index contributed by atoms with van der Waals surface area (Å²) >= 11 is 0. The molecule has 142 valence electrons. The van der Waals surface area contributed by atoms with Gasteiger partial charge in [0.05, 0.1) is 25.7 Å². The van der Waals surface area contributed by atoms with Crippen LogP contribution in [0.5, 0.6) is 0 Å². The van der Waals surface area contributed by atoms with Crippen molar-refractivity contribution >= 4 is 11.8 Å². The lowest BCUT2D eigenvalue weighted by atomic mass is 9.90. The Morgan fingerprint density at radius 2 is 2.26 bits per heavy atom. The standard InChI is InChI=1S/C19H22N4O4/c1-2-17(24)22-12-19(13-22)7-6-14(27-19)10-20-18(25)16-5-4-15(26-16)11-23-9-3-8-21-23/h2-5,8-9,14H,1,6-7,10-13H2,(H,20,25). The molecule has 2 aromatic heterocycles. The maximum atomic E-state index is 12.3. The van der Waals surface area contributed by atoms with Crippen LogP contribution in [0.3, 0.4) is 0 Å². The number of rotatable bonds is 6. The van der Waals surface area contributed by atoms with Gasteiger partial charge in [-0.3, -0.25) is 14.3 Å². The van der Waals surface area contributed by atoms with Crippen LogP contribution >= 0.6 is 0 Å². The second-order valence-corrected chi connectivity index (χ2v) is 7.04. The van der Waals surface area contributed by atoms with Gasteiger partial charge in [0, 0.05) is 18.9 Å². The van der Waals surface area contributed by atoms with Crippen molar-refractivity contribution < 1.29 is 18.7 Å². The highest BCUT2D eigenvalue weighted by atomic mass is 16.5. The maximum absolute atomic E-state index is 12.3. The summed E-state index contributed by atoms with van der Waals surface area (Å²) in [5.41, 5.74) is -0.254. The average molecular weight is 370 g/mol. The molecular formula is C19H22N4O4. The number of hydrogen-bond acceptors (Lipinski definition) is 5. The van der Waals surface area contributed by atoms with Gasteiger partial charge in [0.15, 0.2) is 5.76 Å². The first-order chi connectivity index (χ1) is 13.1. The summed E-state index contributed by atoms with van der Waals surface area (Å²) in [5.74, 6) is 0.616. The first-order valence-electron chi connectivity index (χ1n) is 9.00. The Bertz CT molecular complexity index is 836. The zero-order valence-electron chi connectivity index (χ0n) is 15.0. The molecule has 0 aromatic carbocycles. The predicted octanol–water partition coefficient (Wildman–Crippen LogP) is 1.20. The van der Waals surface area contributed by atoms with Gasteiger partial charge >= 0.3 is 0 Å². The summed E-state index contributed by atoms with van der Waals surface area (Å²) in [6, 6.07) is 5.27. The van der Waals surface area contributed by atoms with Gasteiger partial charge in [0.1, 0.15) is 11.4 Å². The molecule has 4 heterocycles. The highest BCUT2D eigenvalue weighted by molar-refractivity contribution is 5.91. The Labute approximate surface area is 156 Å². The first kappa shape index (κ1) is 17.5. The summed E-state index contributed by atoms with van der Waals surface area (Å²) in [6.07, 6.45) is 6.55. The fourth-order valence-corrected chi connectivity index (χ4v) is 3.64. The highest BCUT2D eigenvalue weighted by Gasteiger charge is 2.50. The van der Waals surface area contributed by atoms with E-state index in [-0.39, 0.29) is 29.3 Å². The zero-order chi connectivity index (χ0) is 18.9. The van der Waals surface area contributed by atoms with E-state index < -0.39 is 0 Å². The van der Waals surface area contributed by atoms with Gasteiger partial charge in [-0.2, -0.15) is 5.10 Å². The molecule has 0 saturated carbocycles. The van der Waals surface area contributed by atoms with E-state index in [1.54, 1.807) is 27.9 Å². The van der Waals surface area contributed by atoms with Gasteiger partial charge < -0.3 is 19.4 Å². The van der Waals surface area contributed by atoms with Gasteiger partial charge in [-0.05, 0) is 37.1 Å². The highest BCUT2D eigenvalue weighted by Crippen LogP contribution is 2.38. The quantitative estimate of drug-likeness (QED) is 0.772. The second-order valence-electron chi connectivity index (χ2n) is 7.04. The fraction of sp³-hybridized carbons (Fsp3) is 0.421. The smallest absolute Gasteiger partial charge is 0.287 e. The van der Waals surface area contributed by atoms with E-state index in [0.29, 0.717) is 31.9 Å². The number of ether oxygens (including phenoxy) is 1. The second kappa shape index (κ2) is 7.03. The van der Waals surface area contributed by atoms with Gasteiger partial charge in [-0.15, -0.1) is 0 Å². The molecule has 1 N–H and O–H groups in total. The van der Waals surface area contributed by atoms with Crippen molar-refractivity contribution in [3.8, 4) is 0 Å². The third kappa shape index (κ3) is 3.66. The third-order valence-corrected chi connectivity index (χ3v) is 5.04. The topological polar surface area (TPSA) is 89.6 Å². The Balaban J connectivity index is 1.24. The predicted molar refractivity (Wildman–Crippen MR) is 96.0 cm³/mol. The Morgan fingerprint density at radius 1 is 1.41 bits per heavy atom. The van der Waals surface area contributed by atoms with Gasteiger partial charge in [0.2, 0.25) is 5.91 Å². The first-order valence-corrected chi connectivity index (χ1v) is 9.00. The van der Waals surface area contributed by atoms with Crippen molar-refractivity contribution in [1.82, 2.24) is 20.0 Å². The Hall–Kier alpha value is -2.87. The number of nitrogens with zero attached hydrogens (tertiary/aromatic N) is 3. The fourth-order valence-electron chi connectivity index (χ4n) is 3.64. The van der Waals surface area contributed by atoms with E-state index in [0.717, 1.165) is 12.8 Å². The van der Waals surface area contributed by atoms with Crippen LogP contribution in [0.1, 0.15) is 29.2 Å². The minimum Gasteiger partial charge on any atom is -0.454 e. The Kier molecular flexibility index (Phi) is 4.57. The molecule has 2 aliphatic rings. The van der Waals surface area contributed by atoms with Crippen molar-refractivity contribution in [2.24, 2.45) is 0 Å². The van der Waals surface area contributed by atoms with Crippen LogP contribution < -0.4 is 5.32 Å². The molecule has 0 radical (unpaired) electrons. The molecule has 2 amide bonds. The van der Waals surface area contributed by atoms with Crippen LogP contribution in [0.25, 0.3) is 0 Å². The molecule has 1 atom stereocenters. The molecule has 0 aliphatic carbocycles. The van der Waals surface area contributed by atoms with Gasteiger partial charge in [-0.25, -0.2) is 0 Å². The van der Waals surface area contributed by atoms with Crippen LogP contribution in [0.15, 0.2) is 47.7 Å². The van der Waals surface area contributed by atoms with Gasteiger partial charge in [0.25, 0.3) is 5.91 Å². The van der Waals surface area contributed by atoms with Crippen molar-refractivity contribution in [2.75, 3.05) is 19.6 Å². The number of furan rings is 1. The molecule has 0 bridgehead atoms. The number of nitrogens with one attached hydrogen (secondary N) is 1. The van der Waals surface area contributed by atoms with Crippen LogP contribution in [0.2, 0.25) is 0 Å². The molecule has 4 rings (SSSR count). The number of carbonyl (C=O) groups is 2. The van der Waals surface area contributed by atoms with Crippen LogP contribution in [0.4, 0.5) is 0 Å². The van der Waals surface area contributed by atoms with E-state index in [9.17, 15) is 9.59 Å². The molecule has 1 unspecified atom stereocenters. The molecule has 27 heavy (non-hydrogen) atoms. The number of amides is 2. The Morgan fingerprint density at radius 3 is 3.00 bits per heavy atom. The summed E-state index contributed by atoms with van der Waals surface area (Å²) < 4.78 is 13.4. The minimum absolute atomic E-state index is 0.0477. The normalized spacial score (nSPS) is 20.4. The number of likely N-dealkylation sites (tertiary alicyclic amines) is 1. The zero-order valence-corrected chi connectivity index (χ0v) is 15.0. The van der Waals surface area contributed by atoms with E-state index >= 15 is 0 Å². The summed E-state index contributed by atoms with van der Waals surface area (Å²) in [4.78, 5) is 25.6. The van der Waals surface area contributed by atoms with Gasteiger partial charge in [-0.1, -0.05) is 6.58 Å².